The van der Waals surface area contributed by atoms with Crippen molar-refractivity contribution in [3.05, 3.63) is 35.9 Å². The van der Waals surface area contributed by atoms with Gasteiger partial charge in [-0.1, -0.05) is 37.3 Å². The van der Waals surface area contributed by atoms with Crippen molar-refractivity contribution in [3.63, 3.8) is 0 Å². The minimum absolute atomic E-state index is 0.0546. The standard InChI is InChI=1S/C17H29NO3/c1-4-11-18-17(14-19,16-8-6-5-7-9-16)10-12-21-15(2)13-20-3/h5-9,15,18-19H,4,10-14H2,1-3H3. The average Bonchev–Trinajstić information content (AvgIpc) is 2.52. The van der Waals surface area contributed by atoms with E-state index in [-0.39, 0.29) is 12.7 Å². The molecule has 0 aliphatic heterocycles. The number of hydrogen-bond acceptors (Lipinski definition) is 4. The third kappa shape index (κ3) is 5.75. The second-order valence-corrected chi connectivity index (χ2v) is 5.42. The summed E-state index contributed by atoms with van der Waals surface area (Å²) in [6, 6.07) is 10.1. The first-order valence-electron chi connectivity index (χ1n) is 7.70. The summed E-state index contributed by atoms with van der Waals surface area (Å²) in [7, 11) is 1.67. The predicted octanol–water partition coefficient (Wildman–Crippen LogP) is 2.32. The fraction of sp³-hybridized carbons (Fsp3) is 0.647. The van der Waals surface area contributed by atoms with Crippen molar-refractivity contribution in [2.75, 3.05) is 33.5 Å². The molecule has 0 heterocycles. The van der Waals surface area contributed by atoms with Gasteiger partial charge >= 0.3 is 0 Å². The molecule has 0 aromatic heterocycles. The van der Waals surface area contributed by atoms with Crippen LogP contribution in [0.25, 0.3) is 0 Å². The molecule has 21 heavy (non-hydrogen) atoms. The molecule has 0 saturated carbocycles. The molecular formula is C17H29NO3. The summed E-state index contributed by atoms with van der Waals surface area (Å²) in [6.07, 6.45) is 1.81. The Hall–Kier alpha value is -0.940. The Morgan fingerprint density at radius 1 is 1.29 bits per heavy atom. The summed E-state index contributed by atoms with van der Waals surface area (Å²) in [4.78, 5) is 0. The molecule has 1 aromatic rings. The Bertz CT molecular complexity index is 372. The van der Waals surface area contributed by atoms with Gasteiger partial charge in [-0.25, -0.2) is 0 Å². The van der Waals surface area contributed by atoms with Crippen LogP contribution in [0.3, 0.4) is 0 Å². The molecule has 0 aliphatic rings. The highest BCUT2D eigenvalue weighted by Crippen LogP contribution is 2.25. The summed E-state index contributed by atoms with van der Waals surface area (Å²) in [5, 5.41) is 13.5. The third-order valence-corrected chi connectivity index (χ3v) is 3.64. The maximum atomic E-state index is 9.98. The van der Waals surface area contributed by atoms with Gasteiger partial charge in [0.2, 0.25) is 0 Å². The maximum Gasteiger partial charge on any atom is 0.0780 e. The van der Waals surface area contributed by atoms with Crippen LogP contribution in [0.1, 0.15) is 32.3 Å². The topological polar surface area (TPSA) is 50.7 Å². The molecule has 4 nitrogen and oxygen atoms in total. The van der Waals surface area contributed by atoms with Gasteiger partial charge in [0.15, 0.2) is 0 Å². The van der Waals surface area contributed by atoms with E-state index in [0.717, 1.165) is 24.9 Å². The van der Waals surface area contributed by atoms with E-state index in [9.17, 15) is 5.11 Å². The number of rotatable bonds is 11. The Kier molecular flexibility index (Phi) is 8.54. The van der Waals surface area contributed by atoms with Gasteiger partial charge in [0.1, 0.15) is 0 Å². The lowest BCUT2D eigenvalue weighted by Crippen LogP contribution is -2.47. The zero-order valence-corrected chi connectivity index (χ0v) is 13.5. The minimum atomic E-state index is -0.440. The van der Waals surface area contributed by atoms with Gasteiger partial charge in [-0.15, -0.1) is 0 Å². The molecule has 2 N–H and O–H groups in total. The predicted molar refractivity (Wildman–Crippen MR) is 85.4 cm³/mol. The number of ether oxygens (including phenoxy) is 2. The first-order valence-corrected chi connectivity index (χ1v) is 7.70. The second kappa shape index (κ2) is 9.90. The quantitative estimate of drug-likeness (QED) is 0.658. The van der Waals surface area contributed by atoms with Crippen molar-refractivity contribution in [2.45, 2.75) is 38.3 Å². The molecule has 0 aliphatic carbocycles. The van der Waals surface area contributed by atoms with E-state index in [1.165, 1.54) is 0 Å². The Morgan fingerprint density at radius 3 is 2.57 bits per heavy atom. The molecule has 2 unspecified atom stereocenters. The molecule has 0 spiro atoms. The van der Waals surface area contributed by atoms with Crippen molar-refractivity contribution in [1.29, 1.82) is 0 Å². The number of hydrogen-bond donors (Lipinski definition) is 2. The zero-order chi connectivity index (χ0) is 15.6. The number of aliphatic hydroxyl groups excluding tert-OH is 1. The Balaban J connectivity index is 2.72. The minimum Gasteiger partial charge on any atom is -0.394 e. The van der Waals surface area contributed by atoms with Gasteiger partial charge in [0.25, 0.3) is 0 Å². The lowest BCUT2D eigenvalue weighted by Gasteiger charge is -2.34. The molecule has 0 amide bonds. The van der Waals surface area contributed by atoms with Crippen molar-refractivity contribution < 1.29 is 14.6 Å². The smallest absolute Gasteiger partial charge is 0.0780 e. The molecule has 0 fully saturated rings. The van der Waals surface area contributed by atoms with Gasteiger partial charge in [-0.05, 0) is 31.9 Å². The van der Waals surface area contributed by atoms with Crippen LogP contribution in [-0.2, 0) is 15.0 Å². The largest absolute Gasteiger partial charge is 0.394 e. The highest BCUT2D eigenvalue weighted by molar-refractivity contribution is 5.24. The lowest BCUT2D eigenvalue weighted by atomic mass is 9.87. The Morgan fingerprint density at radius 2 is 2.00 bits per heavy atom. The van der Waals surface area contributed by atoms with Crippen LogP contribution in [0, 0.1) is 0 Å². The molecule has 2 atom stereocenters. The van der Waals surface area contributed by atoms with E-state index >= 15 is 0 Å². The summed E-state index contributed by atoms with van der Waals surface area (Å²) in [5.74, 6) is 0. The van der Waals surface area contributed by atoms with Crippen molar-refractivity contribution in [3.8, 4) is 0 Å². The van der Waals surface area contributed by atoms with Gasteiger partial charge in [0, 0.05) is 13.7 Å². The van der Waals surface area contributed by atoms with Crippen molar-refractivity contribution in [1.82, 2.24) is 5.32 Å². The van der Waals surface area contributed by atoms with Crippen molar-refractivity contribution in [2.24, 2.45) is 0 Å². The summed E-state index contributed by atoms with van der Waals surface area (Å²) < 4.78 is 10.8. The maximum absolute atomic E-state index is 9.98. The monoisotopic (exact) mass is 295 g/mol. The molecule has 120 valence electrons. The van der Waals surface area contributed by atoms with Crippen LogP contribution in [0.15, 0.2) is 30.3 Å². The average molecular weight is 295 g/mol. The van der Waals surface area contributed by atoms with E-state index in [2.05, 4.69) is 24.4 Å². The van der Waals surface area contributed by atoms with Crippen LogP contribution >= 0.6 is 0 Å². The van der Waals surface area contributed by atoms with Crippen LogP contribution < -0.4 is 5.32 Å². The van der Waals surface area contributed by atoms with E-state index in [1.54, 1.807) is 7.11 Å². The normalized spacial score (nSPS) is 15.6. The highest BCUT2D eigenvalue weighted by Gasteiger charge is 2.30. The SMILES string of the molecule is CCCNC(CO)(CCOC(C)COC)c1ccccc1. The first-order chi connectivity index (χ1) is 10.2. The molecule has 1 aromatic carbocycles. The van der Waals surface area contributed by atoms with Crippen LogP contribution in [0.5, 0.6) is 0 Å². The summed E-state index contributed by atoms with van der Waals surface area (Å²) in [5.41, 5.74) is 0.660. The number of benzene rings is 1. The van der Waals surface area contributed by atoms with Gasteiger partial charge < -0.3 is 19.9 Å². The molecular weight excluding hydrogens is 266 g/mol. The van der Waals surface area contributed by atoms with E-state index in [4.69, 9.17) is 9.47 Å². The third-order valence-electron chi connectivity index (χ3n) is 3.64. The number of aliphatic hydroxyl groups is 1. The van der Waals surface area contributed by atoms with E-state index in [0.29, 0.717) is 13.2 Å². The summed E-state index contributed by atoms with van der Waals surface area (Å²) >= 11 is 0. The molecule has 0 bridgehead atoms. The molecule has 4 heteroatoms. The van der Waals surface area contributed by atoms with Crippen LogP contribution in [0.4, 0.5) is 0 Å². The number of nitrogens with one attached hydrogen (secondary N) is 1. The van der Waals surface area contributed by atoms with Crippen LogP contribution in [0.2, 0.25) is 0 Å². The fourth-order valence-corrected chi connectivity index (χ4v) is 2.40. The van der Waals surface area contributed by atoms with Gasteiger partial charge in [-0.2, -0.15) is 0 Å². The van der Waals surface area contributed by atoms with Crippen molar-refractivity contribution >= 4 is 0 Å². The second-order valence-electron chi connectivity index (χ2n) is 5.42. The first kappa shape index (κ1) is 18.1. The molecule has 0 saturated heterocycles. The van der Waals surface area contributed by atoms with Gasteiger partial charge in [0.05, 0.1) is 24.9 Å². The van der Waals surface area contributed by atoms with E-state index < -0.39 is 5.54 Å². The zero-order valence-electron chi connectivity index (χ0n) is 13.5. The number of methoxy groups -OCH3 is 1. The molecule has 1 rings (SSSR count). The van der Waals surface area contributed by atoms with Gasteiger partial charge in [-0.3, -0.25) is 0 Å². The molecule has 0 radical (unpaired) electrons. The van der Waals surface area contributed by atoms with Crippen LogP contribution in [-0.4, -0.2) is 44.7 Å². The lowest BCUT2D eigenvalue weighted by molar-refractivity contribution is -0.00539. The highest BCUT2D eigenvalue weighted by atomic mass is 16.5. The Labute approximate surface area is 128 Å². The fourth-order valence-electron chi connectivity index (χ4n) is 2.40. The summed E-state index contributed by atoms with van der Waals surface area (Å²) in [6.45, 7) is 6.20. The van der Waals surface area contributed by atoms with E-state index in [1.807, 2.05) is 25.1 Å².